The summed E-state index contributed by atoms with van der Waals surface area (Å²) >= 11 is 1.40. The Labute approximate surface area is 140 Å². The van der Waals surface area contributed by atoms with Crippen LogP contribution in [0.4, 0.5) is 10.9 Å². The van der Waals surface area contributed by atoms with Crippen LogP contribution < -0.4 is 5.32 Å². The lowest BCUT2D eigenvalue weighted by Gasteiger charge is -2.02. The SMILES string of the molecule is Br.O=C(O)c1ccnc(Nc2nc(-c3ccccn3)cs2)c1. The number of nitrogens with zero attached hydrogens (tertiary/aromatic N) is 3. The minimum atomic E-state index is -0.992. The molecule has 0 bridgehead atoms. The van der Waals surface area contributed by atoms with E-state index < -0.39 is 5.97 Å². The molecule has 0 aromatic carbocycles. The smallest absolute Gasteiger partial charge is 0.335 e. The summed E-state index contributed by atoms with van der Waals surface area (Å²) in [6.07, 6.45) is 3.15. The summed E-state index contributed by atoms with van der Waals surface area (Å²) in [7, 11) is 0. The molecule has 0 spiro atoms. The number of thiazole rings is 1. The maximum Gasteiger partial charge on any atom is 0.335 e. The van der Waals surface area contributed by atoms with Crippen LogP contribution in [0.25, 0.3) is 11.4 Å². The molecule has 6 nitrogen and oxygen atoms in total. The second-order valence-corrected chi connectivity index (χ2v) is 4.97. The fourth-order valence-electron chi connectivity index (χ4n) is 1.70. The third-order valence-corrected chi connectivity index (χ3v) is 3.43. The molecule has 3 heterocycles. The fraction of sp³-hybridized carbons (Fsp3) is 0. The standard InChI is InChI=1S/C14H10N4O2S.BrH/c19-13(20)9-4-6-16-12(7-9)18-14-17-11(8-21-14)10-3-1-2-5-15-10;/h1-8H,(H,19,20)(H,16,17,18);1H. The number of halogens is 1. The lowest BCUT2D eigenvalue weighted by molar-refractivity contribution is 0.0697. The highest BCUT2D eigenvalue weighted by Crippen LogP contribution is 2.25. The molecule has 3 aromatic heterocycles. The van der Waals surface area contributed by atoms with Crippen LogP contribution in [0.2, 0.25) is 0 Å². The van der Waals surface area contributed by atoms with E-state index in [0.717, 1.165) is 11.4 Å². The maximum atomic E-state index is 10.9. The second-order valence-electron chi connectivity index (χ2n) is 4.11. The first-order valence-corrected chi connectivity index (χ1v) is 6.93. The minimum Gasteiger partial charge on any atom is -0.478 e. The molecule has 0 amide bonds. The van der Waals surface area contributed by atoms with Gasteiger partial charge in [-0.3, -0.25) is 4.98 Å². The Morgan fingerprint density at radius 3 is 2.73 bits per heavy atom. The van der Waals surface area contributed by atoms with Crippen molar-refractivity contribution in [3.05, 3.63) is 53.7 Å². The fourth-order valence-corrected chi connectivity index (χ4v) is 2.42. The lowest BCUT2D eigenvalue weighted by atomic mass is 10.2. The van der Waals surface area contributed by atoms with E-state index in [1.165, 1.54) is 29.7 Å². The van der Waals surface area contributed by atoms with Gasteiger partial charge in [-0.15, -0.1) is 28.3 Å². The summed E-state index contributed by atoms with van der Waals surface area (Å²) in [5.41, 5.74) is 1.72. The summed E-state index contributed by atoms with van der Waals surface area (Å²) in [6, 6.07) is 8.52. The van der Waals surface area contributed by atoms with Gasteiger partial charge >= 0.3 is 5.97 Å². The van der Waals surface area contributed by atoms with Gasteiger partial charge in [-0.2, -0.15) is 0 Å². The molecule has 0 saturated carbocycles. The lowest BCUT2D eigenvalue weighted by Crippen LogP contribution is -1.99. The molecular formula is C14H11BrN4O2S. The van der Waals surface area contributed by atoms with E-state index >= 15 is 0 Å². The quantitative estimate of drug-likeness (QED) is 0.720. The van der Waals surface area contributed by atoms with Crippen LogP contribution in [0.1, 0.15) is 10.4 Å². The first-order valence-electron chi connectivity index (χ1n) is 6.06. The molecule has 0 fully saturated rings. The molecule has 0 aliphatic heterocycles. The Morgan fingerprint density at radius 1 is 1.14 bits per heavy atom. The second kappa shape index (κ2) is 7.10. The van der Waals surface area contributed by atoms with Crippen molar-refractivity contribution in [2.24, 2.45) is 0 Å². The summed E-state index contributed by atoms with van der Waals surface area (Å²) in [6.45, 7) is 0. The van der Waals surface area contributed by atoms with E-state index in [4.69, 9.17) is 5.11 Å². The summed E-state index contributed by atoms with van der Waals surface area (Å²) in [5, 5.41) is 14.5. The van der Waals surface area contributed by atoms with Gasteiger partial charge in [0.25, 0.3) is 0 Å². The van der Waals surface area contributed by atoms with Crippen molar-refractivity contribution in [3.63, 3.8) is 0 Å². The molecule has 2 N–H and O–H groups in total. The molecule has 8 heteroatoms. The summed E-state index contributed by atoms with van der Waals surface area (Å²) in [4.78, 5) is 23.6. The Bertz CT molecular complexity index is 779. The molecule has 112 valence electrons. The van der Waals surface area contributed by atoms with Crippen molar-refractivity contribution < 1.29 is 9.90 Å². The Balaban J connectivity index is 0.00000176. The molecule has 0 aliphatic rings. The third-order valence-electron chi connectivity index (χ3n) is 2.67. The van der Waals surface area contributed by atoms with Crippen LogP contribution in [-0.4, -0.2) is 26.0 Å². The predicted molar refractivity (Wildman–Crippen MR) is 90.1 cm³/mol. The van der Waals surface area contributed by atoms with Crippen LogP contribution in [0.5, 0.6) is 0 Å². The number of carboxylic acids is 1. The van der Waals surface area contributed by atoms with Gasteiger partial charge in [0.15, 0.2) is 5.13 Å². The molecule has 0 radical (unpaired) electrons. The largest absolute Gasteiger partial charge is 0.478 e. The predicted octanol–water partition coefficient (Wildman–Crippen LogP) is 3.62. The summed E-state index contributed by atoms with van der Waals surface area (Å²) < 4.78 is 0. The van der Waals surface area contributed by atoms with Crippen LogP contribution in [0.3, 0.4) is 0 Å². The molecule has 3 aromatic rings. The number of carbonyl (C=O) groups is 1. The highest BCUT2D eigenvalue weighted by Gasteiger charge is 2.08. The van der Waals surface area contributed by atoms with Crippen molar-refractivity contribution in [2.75, 3.05) is 5.32 Å². The number of anilines is 2. The molecule has 3 rings (SSSR count). The number of hydrogen-bond donors (Lipinski definition) is 2. The molecule has 0 atom stereocenters. The van der Waals surface area contributed by atoms with Crippen LogP contribution >= 0.6 is 28.3 Å². The highest BCUT2D eigenvalue weighted by atomic mass is 79.9. The Kier molecular flexibility index (Phi) is 5.18. The van der Waals surface area contributed by atoms with Crippen molar-refractivity contribution in [1.29, 1.82) is 0 Å². The van der Waals surface area contributed by atoms with Crippen molar-refractivity contribution in [1.82, 2.24) is 15.0 Å². The Morgan fingerprint density at radius 2 is 2.00 bits per heavy atom. The zero-order chi connectivity index (χ0) is 14.7. The summed E-state index contributed by atoms with van der Waals surface area (Å²) in [5.74, 6) is -0.550. The maximum absolute atomic E-state index is 10.9. The topological polar surface area (TPSA) is 88.0 Å². The number of carboxylic acid groups (broad SMARTS) is 1. The van der Waals surface area contributed by atoms with Crippen molar-refractivity contribution in [3.8, 4) is 11.4 Å². The number of pyridine rings is 2. The number of aromatic nitrogens is 3. The van der Waals surface area contributed by atoms with E-state index in [-0.39, 0.29) is 22.5 Å². The number of hydrogen-bond acceptors (Lipinski definition) is 6. The zero-order valence-corrected chi connectivity index (χ0v) is 13.7. The van der Waals surface area contributed by atoms with Gasteiger partial charge < -0.3 is 10.4 Å². The van der Waals surface area contributed by atoms with Gasteiger partial charge in [-0.05, 0) is 24.3 Å². The van der Waals surface area contributed by atoms with E-state index in [1.807, 2.05) is 23.6 Å². The zero-order valence-electron chi connectivity index (χ0n) is 11.1. The van der Waals surface area contributed by atoms with Crippen LogP contribution in [0, 0.1) is 0 Å². The van der Waals surface area contributed by atoms with Crippen LogP contribution in [0.15, 0.2) is 48.1 Å². The molecule has 0 unspecified atom stereocenters. The minimum absolute atomic E-state index is 0. The van der Waals surface area contributed by atoms with Gasteiger partial charge in [0.05, 0.1) is 11.3 Å². The van der Waals surface area contributed by atoms with E-state index in [2.05, 4.69) is 20.3 Å². The first kappa shape index (κ1) is 16.1. The Hall–Kier alpha value is -2.32. The number of rotatable bonds is 4. The molecular weight excluding hydrogens is 368 g/mol. The number of aromatic carboxylic acids is 1. The van der Waals surface area contributed by atoms with Gasteiger partial charge in [-0.25, -0.2) is 14.8 Å². The average Bonchev–Trinajstić information content (AvgIpc) is 2.97. The molecule has 22 heavy (non-hydrogen) atoms. The average molecular weight is 379 g/mol. The molecule has 0 aliphatic carbocycles. The molecule has 0 saturated heterocycles. The van der Waals surface area contributed by atoms with Gasteiger partial charge in [0, 0.05) is 17.8 Å². The monoisotopic (exact) mass is 378 g/mol. The van der Waals surface area contributed by atoms with Crippen molar-refractivity contribution >= 4 is 45.2 Å². The first-order chi connectivity index (χ1) is 10.2. The van der Waals surface area contributed by atoms with Gasteiger partial charge in [-0.1, -0.05) is 6.07 Å². The normalized spacial score (nSPS) is 9.82. The van der Waals surface area contributed by atoms with Crippen molar-refractivity contribution in [2.45, 2.75) is 0 Å². The van der Waals surface area contributed by atoms with Gasteiger partial charge in [0.1, 0.15) is 11.5 Å². The van der Waals surface area contributed by atoms with E-state index in [0.29, 0.717) is 10.9 Å². The highest BCUT2D eigenvalue weighted by molar-refractivity contribution is 8.93. The number of nitrogens with one attached hydrogen (secondary N) is 1. The van der Waals surface area contributed by atoms with E-state index in [1.54, 1.807) is 6.20 Å². The van der Waals surface area contributed by atoms with E-state index in [9.17, 15) is 4.79 Å². The van der Waals surface area contributed by atoms with Gasteiger partial charge in [0.2, 0.25) is 0 Å². The third kappa shape index (κ3) is 3.66. The van der Waals surface area contributed by atoms with Crippen LogP contribution in [-0.2, 0) is 0 Å².